The number of carbonyl (C=O) groups is 1. The molecule has 0 spiro atoms. The number of amides is 1. The standard InChI is InChI=1S/C36H29N7O2S.Na/c1-2-33-37-31-19-18-27(42(22-24-9-4-3-5-10-24)36(45)32-13-8-20-46-32)21-30(31)35(44)43(33)23-25-14-16-26(17-15-25)28-11-6-7-12-29(28)34-38-40-41-39-34;/h3-21H,2,22-23H2,1H3,(H,38,39,40,41);. The van der Waals surface area contributed by atoms with Gasteiger partial charge in [-0.25, -0.2) is 4.98 Å². The molecule has 47 heavy (non-hydrogen) atoms. The van der Waals surface area contributed by atoms with E-state index in [0.29, 0.717) is 52.6 Å². The number of carbonyl (C=O) groups excluding carboxylic acids is 1. The average molecular weight is 647 g/mol. The molecule has 0 bridgehead atoms. The Balaban J connectivity index is 0.00000386. The Morgan fingerprint density at radius 2 is 1.64 bits per heavy atom. The third kappa shape index (κ3) is 6.72. The summed E-state index contributed by atoms with van der Waals surface area (Å²) >= 11 is 1.40. The van der Waals surface area contributed by atoms with Crippen LogP contribution in [0, 0.1) is 0 Å². The van der Waals surface area contributed by atoms with Crippen molar-refractivity contribution in [1.29, 1.82) is 0 Å². The molecule has 1 amide bonds. The fourth-order valence-electron chi connectivity index (χ4n) is 5.61. The molecule has 7 rings (SSSR count). The quantitative estimate of drug-likeness (QED) is 0.182. The van der Waals surface area contributed by atoms with Gasteiger partial charge in [0.25, 0.3) is 11.5 Å². The molecule has 3 heterocycles. The summed E-state index contributed by atoms with van der Waals surface area (Å²) < 4.78 is 1.73. The van der Waals surface area contributed by atoms with Crippen molar-refractivity contribution in [2.75, 3.05) is 4.90 Å². The van der Waals surface area contributed by atoms with Crippen LogP contribution in [-0.2, 0) is 19.5 Å². The topological polar surface area (TPSA) is 110 Å². The molecule has 11 heteroatoms. The largest absolute Gasteiger partial charge is 0.303 e. The van der Waals surface area contributed by atoms with Crippen LogP contribution in [0.2, 0.25) is 0 Å². The predicted octanol–water partition coefficient (Wildman–Crippen LogP) is 6.38. The SMILES string of the molecule is CCc1nc2ccc(N(Cc3ccccc3)C(=O)c3cccs3)cc2c(=O)n1Cc1ccc(-c2ccccc2-c2nn[nH]n2)cc1.[Na]. The summed E-state index contributed by atoms with van der Waals surface area (Å²) in [6, 6.07) is 35.1. The molecule has 7 aromatic rings. The van der Waals surface area contributed by atoms with Crippen LogP contribution in [0.3, 0.4) is 0 Å². The second-order valence-electron chi connectivity index (χ2n) is 10.8. The van der Waals surface area contributed by atoms with Crippen LogP contribution in [0.15, 0.2) is 119 Å². The molecule has 1 N–H and O–H groups in total. The van der Waals surface area contributed by atoms with Gasteiger partial charge in [-0.1, -0.05) is 91.9 Å². The van der Waals surface area contributed by atoms with Crippen molar-refractivity contribution in [3.63, 3.8) is 0 Å². The van der Waals surface area contributed by atoms with Crippen molar-refractivity contribution in [2.45, 2.75) is 26.4 Å². The monoisotopic (exact) mass is 646 g/mol. The molecular weight excluding hydrogens is 618 g/mol. The van der Waals surface area contributed by atoms with Crippen molar-refractivity contribution in [1.82, 2.24) is 30.2 Å². The molecule has 0 aliphatic carbocycles. The molecule has 4 aromatic carbocycles. The van der Waals surface area contributed by atoms with Crippen molar-refractivity contribution >= 4 is 63.4 Å². The third-order valence-electron chi connectivity index (χ3n) is 7.92. The van der Waals surface area contributed by atoms with Gasteiger partial charge in [-0.15, -0.1) is 21.5 Å². The summed E-state index contributed by atoms with van der Waals surface area (Å²) in [5, 5.41) is 16.9. The number of anilines is 1. The fourth-order valence-corrected chi connectivity index (χ4v) is 6.29. The molecular formula is C36H29N7NaO2S. The molecule has 0 fully saturated rings. The smallest absolute Gasteiger partial charge is 0.268 e. The van der Waals surface area contributed by atoms with Gasteiger partial charge in [-0.3, -0.25) is 14.2 Å². The molecule has 1 radical (unpaired) electrons. The molecule has 0 unspecified atom stereocenters. The number of aryl methyl sites for hydroxylation is 1. The minimum Gasteiger partial charge on any atom is -0.303 e. The predicted molar refractivity (Wildman–Crippen MR) is 187 cm³/mol. The third-order valence-corrected chi connectivity index (χ3v) is 8.78. The Morgan fingerprint density at radius 1 is 0.872 bits per heavy atom. The van der Waals surface area contributed by atoms with Crippen LogP contribution >= 0.6 is 11.3 Å². The van der Waals surface area contributed by atoms with Crippen molar-refractivity contribution in [2.24, 2.45) is 0 Å². The number of nitrogens with one attached hydrogen (secondary N) is 1. The maximum atomic E-state index is 14.1. The summed E-state index contributed by atoms with van der Waals surface area (Å²) in [6.07, 6.45) is 0.597. The van der Waals surface area contributed by atoms with E-state index in [1.54, 1.807) is 15.5 Å². The maximum absolute atomic E-state index is 14.1. The van der Waals surface area contributed by atoms with Gasteiger partial charge in [0.15, 0.2) is 0 Å². The van der Waals surface area contributed by atoms with Crippen LogP contribution in [-0.4, -0.2) is 65.6 Å². The van der Waals surface area contributed by atoms with Gasteiger partial charge in [0.1, 0.15) is 5.82 Å². The molecule has 0 aliphatic rings. The minimum absolute atomic E-state index is 0. The Hall–Kier alpha value is -4.74. The van der Waals surface area contributed by atoms with E-state index >= 15 is 0 Å². The first kappa shape index (κ1) is 32.2. The van der Waals surface area contributed by atoms with Gasteiger partial charge in [0.05, 0.1) is 28.9 Å². The van der Waals surface area contributed by atoms with E-state index in [1.807, 2.05) is 115 Å². The zero-order valence-corrected chi connectivity index (χ0v) is 28.8. The number of fused-ring (bicyclic) bond motifs is 1. The van der Waals surface area contributed by atoms with Gasteiger partial charge >= 0.3 is 0 Å². The summed E-state index contributed by atoms with van der Waals surface area (Å²) in [5.41, 5.74) is 5.94. The summed E-state index contributed by atoms with van der Waals surface area (Å²) in [6.45, 7) is 2.74. The second-order valence-corrected chi connectivity index (χ2v) is 11.8. The van der Waals surface area contributed by atoms with Gasteiger partial charge in [-0.2, -0.15) is 5.21 Å². The van der Waals surface area contributed by atoms with Crippen molar-refractivity contribution in [3.8, 4) is 22.5 Å². The molecule has 0 atom stereocenters. The van der Waals surface area contributed by atoms with Crippen molar-refractivity contribution < 1.29 is 4.79 Å². The number of rotatable bonds is 9. The Bertz CT molecular complexity index is 2180. The number of nitrogens with zero attached hydrogens (tertiary/aromatic N) is 6. The van der Waals surface area contributed by atoms with E-state index in [2.05, 4.69) is 20.6 Å². The van der Waals surface area contributed by atoms with E-state index in [-0.39, 0.29) is 41.0 Å². The van der Waals surface area contributed by atoms with Gasteiger partial charge in [0.2, 0.25) is 5.82 Å². The van der Waals surface area contributed by atoms with Crippen LogP contribution in [0.25, 0.3) is 33.4 Å². The van der Waals surface area contributed by atoms with Gasteiger partial charge in [0, 0.05) is 47.2 Å². The molecule has 227 valence electrons. The Labute approximate surface area is 297 Å². The molecule has 9 nitrogen and oxygen atoms in total. The number of aromatic nitrogens is 6. The van der Waals surface area contributed by atoms with Gasteiger partial charge < -0.3 is 4.90 Å². The average Bonchev–Trinajstić information content (AvgIpc) is 3.85. The van der Waals surface area contributed by atoms with Crippen LogP contribution in [0.4, 0.5) is 5.69 Å². The van der Waals surface area contributed by atoms with Gasteiger partial charge in [-0.05, 0) is 57.1 Å². The minimum atomic E-state index is -0.140. The number of hydrogen-bond acceptors (Lipinski definition) is 7. The maximum Gasteiger partial charge on any atom is 0.268 e. The fraction of sp³-hybridized carbons (Fsp3) is 0.111. The van der Waals surface area contributed by atoms with E-state index in [9.17, 15) is 9.59 Å². The molecule has 0 saturated heterocycles. The zero-order chi connectivity index (χ0) is 31.5. The van der Waals surface area contributed by atoms with Crippen LogP contribution < -0.4 is 10.5 Å². The van der Waals surface area contributed by atoms with E-state index in [4.69, 9.17) is 4.98 Å². The van der Waals surface area contributed by atoms with Crippen LogP contribution in [0.1, 0.15) is 33.5 Å². The number of aromatic amines is 1. The normalized spacial score (nSPS) is 10.9. The van der Waals surface area contributed by atoms with E-state index < -0.39 is 0 Å². The second kappa shape index (κ2) is 14.4. The summed E-state index contributed by atoms with van der Waals surface area (Å²) in [7, 11) is 0. The van der Waals surface area contributed by atoms with E-state index in [0.717, 1.165) is 27.8 Å². The van der Waals surface area contributed by atoms with Crippen LogP contribution in [0.5, 0.6) is 0 Å². The summed E-state index contributed by atoms with van der Waals surface area (Å²) in [5.74, 6) is 1.12. The van der Waals surface area contributed by atoms with E-state index in [1.165, 1.54) is 11.3 Å². The number of tetrazole rings is 1. The van der Waals surface area contributed by atoms with Crippen molar-refractivity contribution in [3.05, 3.63) is 147 Å². The number of benzene rings is 4. The Kier molecular flexibility index (Phi) is 9.84. The molecule has 3 aromatic heterocycles. The zero-order valence-electron chi connectivity index (χ0n) is 26.0. The Morgan fingerprint density at radius 3 is 2.34 bits per heavy atom. The first-order chi connectivity index (χ1) is 22.6. The summed E-state index contributed by atoms with van der Waals surface area (Å²) in [4.78, 5) is 35.0. The molecule has 0 aliphatic heterocycles. The first-order valence-corrected chi connectivity index (χ1v) is 15.8. The number of thiophene rings is 1. The number of H-pyrrole nitrogens is 1. The number of hydrogen-bond donors (Lipinski definition) is 1. The molecule has 0 saturated carbocycles. The first-order valence-electron chi connectivity index (χ1n) is 14.9.